The maximum absolute atomic E-state index is 12.7. The largest absolute Gasteiger partial charge is 0.311 e. The Labute approximate surface area is 136 Å². The lowest BCUT2D eigenvalue weighted by Crippen LogP contribution is -2.27. The first-order chi connectivity index (χ1) is 10.2. The minimum absolute atomic E-state index is 0.0173. The van der Waals surface area contributed by atoms with Gasteiger partial charge in [0.2, 0.25) is 0 Å². The van der Waals surface area contributed by atoms with Gasteiger partial charge in [0.25, 0.3) is 5.91 Å². The Morgan fingerprint density at radius 1 is 1.05 bits per heavy atom. The fourth-order valence-electron chi connectivity index (χ4n) is 2.30. The molecule has 0 fully saturated rings. The van der Waals surface area contributed by atoms with E-state index in [2.05, 4.69) is 27.6 Å². The number of amides is 1. The lowest BCUT2D eigenvalue weighted by Gasteiger charge is -2.19. The van der Waals surface area contributed by atoms with Crippen LogP contribution in [0.15, 0.2) is 60.8 Å². The molecule has 3 rings (SSSR count). The van der Waals surface area contributed by atoms with Crippen LogP contribution >= 0.6 is 22.6 Å². The van der Waals surface area contributed by atoms with Crippen molar-refractivity contribution in [1.82, 2.24) is 4.98 Å². The van der Waals surface area contributed by atoms with Crippen molar-refractivity contribution >= 4 is 45.1 Å². The average molecular weight is 388 g/mol. The molecule has 0 N–H and O–H groups in total. The molecule has 1 heterocycles. The van der Waals surface area contributed by atoms with Gasteiger partial charge in [0.1, 0.15) is 0 Å². The van der Waals surface area contributed by atoms with Crippen LogP contribution < -0.4 is 4.90 Å². The first kappa shape index (κ1) is 14.0. The number of nitrogens with zero attached hydrogens (tertiary/aromatic N) is 2. The number of aromatic nitrogens is 1. The molecule has 0 spiro atoms. The molecule has 0 aliphatic carbocycles. The van der Waals surface area contributed by atoms with Crippen LogP contribution in [0.4, 0.5) is 5.69 Å². The van der Waals surface area contributed by atoms with Crippen LogP contribution in [0.3, 0.4) is 0 Å². The van der Waals surface area contributed by atoms with E-state index in [0.29, 0.717) is 5.56 Å². The molecule has 0 radical (unpaired) electrons. The molecule has 0 aliphatic rings. The first-order valence-electron chi connectivity index (χ1n) is 6.55. The quantitative estimate of drug-likeness (QED) is 0.619. The lowest BCUT2D eigenvalue weighted by atomic mass is 10.1. The molecule has 2 aromatic carbocycles. The SMILES string of the molecule is CN(C(=O)c1ccccc1I)c1cccc2ncccc12. The third-order valence-electron chi connectivity index (χ3n) is 3.39. The minimum Gasteiger partial charge on any atom is -0.311 e. The summed E-state index contributed by atoms with van der Waals surface area (Å²) < 4.78 is 0.949. The Bertz CT molecular complexity index is 811. The summed E-state index contributed by atoms with van der Waals surface area (Å²) in [5.41, 5.74) is 2.46. The van der Waals surface area contributed by atoms with E-state index in [-0.39, 0.29) is 5.91 Å². The second kappa shape index (κ2) is 5.81. The van der Waals surface area contributed by atoms with Crippen LogP contribution in [0.5, 0.6) is 0 Å². The fraction of sp³-hybridized carbons (Fsp3) is 0.0588. The maximum Gasteiger partial charge on any atom is 0.259 e. The fourth-order valence-corrected chi connectivity index (χ4v) is 2.92. The Morgan fingerprint density at radius 2 is 1.86 bits per heavy atom. The van der Waals surface area contributed by atoms with Crippen molar-refractivity contribution in [2.75, 3.05) is 11.9 Å². The molecule has 0 saturated heterocycles. The van der Waals surface area contributed by atoms with Gasteiger partial charge in [-0.15, -0.1) is 0 Å². The van der Waals surface area contributed by atoms with Gasteiger partial charge in [0.05, 0.1) is 16.8 Å². The number of anilines is 1. The molecule has 21 heavy (non-hydrogen) atoms. The second-order valence-electron chi connectivity index (χ2n) is 4.69. The van der Waals surface area contributed by atoms with E-state index in [4.69, 9.17) is 0 Å². The number of carbonyl (C=O) groups is 1. The highest BCUT2D eigenvalue weighted by Crippen LogP contribution is 2.26. The van der Waals surface area contributed by atoms with Crippen molar-refractivity contribution in [3.63, 3.8) is 0 Å². The number of hydrogen-bond acceptors (Lipinski definition) is 2. The average Bonchev–Trinajstić information content (AvgIpc) is 2.53. The van der Waals surface area contributed by atoms with Crippen molar-refractivity contribution in [2.24, 2.45) is 0 Å². The summed E-state index contributed by atoms with van der Waals surface area (Å²) in [6.07, 6.45) is 1.76. The molecule has 1 aromatic heterocycles. The summed E-state index contributed by atoms with van der Waals surface area (Å²) in [5.74, 6) is -0.0173. The molecule has 0 atom stereocenters. The topological polar surface area (TPSA) is 33.2 Å². The van der Waals surface area contributed by atoms with Crippen LogP contribution in [-0.2, 0) is 0 Å². The zero-order valence-corrected chi connectivity index (χ0v) is 13.6. The number of fused-ring (bicyclic) bond motifs is 1. The van der Waals surface area contributed by atoms with Crippen molar-refractivity contribution in [3.05, 3.63) is 69.9 Å². The molecule has 4 heteroatoms. The Balaban J connectivity index is 2.07. The predicted molar refractivity (Wildman–Crippen MR) is 93.6 cm³/mol. The van der Waals surface area contributed by atoms with E-state index in [1.54, 1.807) is 18.1 Å². The van der Waals surface area contributed by atoms with Gasteiger partial charge in [0, 0.05) is 22.2 Å². The number of hydrogen-bond donors (Lipinski definition) is 0. The highest BCUT2D eigenvalue weighted by Gasteiger charge is 2.17. The molecular formula is C17H13IN2O. The maximum atomic E-state index is 12.7. The number of benzene rings is 2. The van der Waals surface area contributed by atoms with Crippen LogP contribution in [0.2, 0.25) is 0 Å². The number of halogens is 1. The summed E-state index contributed by atoms with van der Waals surface area (Å²) in [4.78, 5) is 18.7. The molecule has 0 bridgehead atoms. The molecule has 0 aliphatic heterocycles. The van der Waals surface area contributed by atoms with E-state index in [1.165, 1.54) is 0 Å². The van der Waals surface area contributed by atoms with Crippen molar-refractivity contribution in [2.45, 2.75) is 0 Å². The van der Waals surface area contributed by atoms with Gasteiger partial charge in [-0.3, -0.25) is 9.78 Å². The van der Waals surface area contributed by atoms with Gasteiger partial charge in [0.15, 0.2) is 0 Å². The highest BCUT2D eigenvalue weighted by molar-refractivity contribution is 14.1. The Kier molecular flexibility index (Phi) is 3.88. The summed E-state index contributed by atoms with van der Waals surface area (Å²) in [6, 6.07) is 17.3. The number of pyridine rings is 1. The number of rotatable bonds is 2. The van der Waals surface area contributed by atoms with E-state index in [1.807, 2.05) is 54.6 Å². The van der Waals surface area contributed by atoms with E-state index < -0.39 is 0 Å². The van der Waals surface area contributed by atoms with Gasteiger partial charge in [-0.1, -0.05) is 18.2 Å². The van der Waals surface area contributed by atoms with E-state index >= 15 is 0 Å². The molecular weight excluding hydrogens is 375 g/mol. The van der Waals surface area contributed by atoms with Crippen LogP contribution in [-0.4, -0.2) is 17.9 Å². The van der Waals surface area contributed by atoms with Gasteiger partial charge >= 0.3 is 0 Å². The first-order valence-corrected chi connectivity index (χ1v) is 7.62. The van der Waals surface area contributed by atoms with Crippen LogP contribution in [0.1, 0.15) is 10.4 Å². The summed E-state index contributed by atoms with van der Waals surface area (Å²) in [7, 11) is 1.80. The standard InChI is InChI=1S/C17H13IN2O/c1-20(17(21)12-6-2-3-8-14(12)18)16-10-4-9-15-13(16)7-5-11-19-15/h2-11H,1H3. The van der Waals surface area contributed by atoms with E-state index in [9.17, 15) is 4.79 Å². The predicted octanol–water partition coefficient (Wildman–Crippen LogP) is 4.12. The monoisotopic (exact) mass is 388 g/mol. The summed E-state index contributed by atoms with van der Waals surface area (Å²) in [6.45, 7) is 0. The van der Waals surface area contributed by atoms with Crippen molar-refractivity contribution in [3.8, 4) is 0 Å². The Hall–Kier alpha value is -1.95. The smallest absolute Gasteiger partial charge is 0.259 e. The van der Waals surface area contributed by atoms with E-state index in [0.717, 1.165) is 20.2 Å². The van der Waals surface area contributed by atoms with Gasteiger partial charge in [-0.2, -0.15) is 0 Å². The molecule has 0 saturated carbocycles. The number of carbonyl (C=O) groups excluding carboxylic acids is 1. The Morgan fingerprint density at radius 3 is 2.67 bits per heavy atom. The van der Waals surface area contributed by atoms with Crippen molar-refractivity contribution < 1.29 is 4.79 Å². The second-order valence-corrected chi connectivity index (χ2v) is 5.85. The normalized spacial score (nSPS) is 10.6. The zero-order valence-electron chi connectivity index (χ0n) is 11.5. The zero-order chi connectivity index (χ0) is 14.8. The van der Waals surface area contributed by atoms with Gasteiger partial charge in [-0.25, -0.2) is 0 Å². The molecule has 104 valence electrons. The minimum atomic E-state index is -0.0173. The van der Waals surface area contributed by atoms with Crippen molar-refractivity contribution in [1.29, 1.82) is 0 Å². The third-order valence-corrected chi connectivity index (χ3v) is 4.33. The summed E-state index contributed by atoms with van der Waals surface area (Å²) in [5, 5.41) is 0.974. The molecule has 3 nitrogen and oxygen atoms in total. The molecule has 1 amide bonds. The van der Waals surface area contributed by atoms with Gasteiger partial charge < -0.3 is 4.90 Å². The third kappa shape index (κ3) is 2.63. The molecule has 3 aromatic rings. The van der Waals surface area contributed by atoms with Crippen LogP contribution in [0, 0.1) is 3.57 Å². The lowest BCUT2D eigenvalue weighted by molar-refractivity contribution is 0.0992. The highest BCUT2D eigenvalue weighted by atomic mass is 127. The molecule has 0 unspecified atom stereocenters. The van der Waals surface area contributed by atoms with Gasteiger partial charge in [-0.05, 0) is 59.0 Å². The van der Waals surface area contributed by atoms with Crippen LogP contribution in [0.25, 0.3) is 10.9 Å². The summed E-state index contributed by atoms with van der Waals surface area (Å²) >= 11 is 2.19.